The van der Waals surface area contributed by atoms with Gasteiger partial charge < -0.3 is 16.0 Å². The van der Waals surface area contributed by atoms with E-state index in [1.54, 1.807) is 25.3 Å². The third-order valence-corrected chi connectivity index (χ3v) is 4.72. The molecule has 8 heteroatoms. The van der Waals surface area contributed by atoms with Crippen LogP contribution in [0.1, 0.15) is 24.1 Å². The van der Waals surface area contributed by atoms with E-state index >= 15 is 0 Å². The number of nitrogens with one attached hydrogen (secondary N) is 4. The molecule has 1 unspecified atom stereocenters. The Bertz CT molecular complexity index is 1120. The molecule has 1 aromatic heterocycles. The molecule has 0 saturated heterocycles. The number of urea groups is 1. The predicted octanol–water partition coefficient (Wildman–Crippen LogP) is 3.28. The number of fused-ring (bicyclic) bond motifs is 1. The van der Waals surface area contributed by atoms with Gasteiger partial charge in [-0.15, -0.1) is 0 Å². The van der Waals surface area contributed by atoms with E-state index in [4.69, 9.17) is 0 Å². The van der Waals surface area contributed by atoms with Crippen LogP contribution in [-0.4, -0.2) is 22.1 Å². The lowest BCUT2D eigenvalue weighted by Gasteiger charge is -2.28. The molecule has 0 fully saturated rings. The maximum atomic E-state index is 13.3. The van der Waals surface area contributed by atoms with E-state index in [1.165, 1.54) is 12.1 Å². The minimum absolute atomic E-state index is 0.358. The SMILES string of the molecule is CC1=C(C(=O)Nc2cc(C)c3[nH]ncc3c2)C(c2ccc(F)cc2)NC(=O)N1. The van der Waals surface area contributed by atoms with Crippen molar-refractivity contribution in [2.75, 3.05) is 5.32 Å². The number of benzene rings is 2. The molecule has 2 heterocycles. The monoisotopic (exact) mass is 379 g/mol. The van der Waals surface area contributed by atoms with Crippen LogP contribution in [0.3, 0.4) is 0 Å². The van der Waals surface area contributed by atoms with Gasteiger partial charge in [0.15, 0.2) is 0 Å². The number of allylic oxidation sites excluding steroid dienone is 1. The first kappa shape index (κ1) is 17.7. The molecule has 4 N–H and O–H groups in total. The van der Waals surface area contributed by atoms with Gasteiger partial charge >= 0.3 is 6.03 Å². The Labute approximate surface area is 160 Å². The van der Waals surface area contributed by atoms with E-state index in [2.05, 4.69) is 26.1 Å². The molecule has 1 aliphatic heterocycles. The lowest BCUT2D eigenvalue weighted by molar-refractivity contribution is -0.113. The molecule has 0 spiro atoms. The average Bonchev–Trinajstić information content (AvgIpc) is 3.10. The number of hydrogen-bond acceptors (Lipinski definition) is 3. The average molecular weight is 379 g/mol. The van der Waals surface area contributed by atoms with E-state index in [0.717, 1.165) is 16.5 Å². The summed E-state index contributed by atoms with van der Waals surface area (Å²) in [5.41, 5.74) is 3.88. The summed E-state index contributed by atoms with van der Waals surface area (Å²) in [6.07, 6.45) is 1.69. The topological polar surface area (TPSA) is 98.9 Å². The summed E-state index contributed by atoms with van der Waals surface area (Å²) >= 11 is 0. The number of rotatable bonds is 3. The van der Waals surface area contributed by atoms with Crippen LogP contribution in [0.4, 0.5) is 14.9 Å². The second kappa shape index (κ2) is 6.80. The number of nitrogens with zero attached hydrogens (tertiary/aromatic N) is 1. The Morgan fingerprint density at radius 3 is 2.68 bits per heavy atom. The van der Waals surface area contributed by atoms with Crippen molar-refractivity contribution < 1.29 is 14.0 Å². The lowest BCUT2D eigenvalue weighted by atomic mass is 9.94. The summed E-state index contributed by atoms with van der Waals surface area (Å²) in [6, 6.07) is 8.25. The summed E-state index contributed by atoms with van der Waals surface area (Å²) in [5.74, 6) is -0.749. The van der Waals surface area contributed by atoms with E-state index < -0.39 is 12.1 Å². The molecule has 0 saturated carbocycles. The Morgan fingerprint density at radius 2 is 1.93 bits per heavy atom. The third kappa shape index (κ3) is 3.20. The number of aromatic amines is 1. The van der Waals surface area contributed by atoms with E-state index in [0.29, 0.717) is 22.5 Å². The number of H-pyrrole nitrogens is 1. The minimum atomic E-state index is -0.687. The van der Waals surface area contributed by atoms with Gasteiger partial charge in [-0.05, 0) is 49.2 Å². The molecule has 0 aliphatic carbocycles. The summed E-state index contributed by atoms with van der Waals surface area (Å²) in [4.78, 5) is 25.0. The highest BCUT2D eigenvalue weighted by molar-refractivity contribution is 6.07. The normalized spacial score (nSPS) is 16.7. The Morgan fingerprint density at radius 1 is 1.18 bits per heavy atom. The van der Waals surface area contributed by atoms with Gasteiger partial charge in [0.25, 0.3) is 5.91 Å². The van der Waals surface area contributed by atoms with Crippen molar-refractivity contribution >= 4 is 28.5 Å². The van der Waals surface area contributed by atoms with E-state index in [1.807, 2.05) is 19.1 Å². The van der Waals surface area contributed by atoms with E-state index in [-0.39, 0.29) is 11.7 Å². The third-order valence-electron chi connectivity index (χ3n) is 4.72. The molecule has 2 aromatic carbocycles. The molecule has 142 valence electrons. The summed E-state index contributed by atoms with van der Waals surface area (Å²) in [5, 5.41) is 16.1. The minimum Gasteiger partial charge on any atom is -0.327 e. The smallest absolute Gasteiger partial charge is 0.319 e. The van der Waals surface area contributed by atoms with Crippen molar-refractivity contribution in [3.05, 3.63) is 70.8 Å². The van der Waals surface area contributed by atoms with Gasteiger partial charge in [-0.25, -0.2) is 9.18 Å². The molecule has 1 aliphatic rings. The molecule has 1 atom stereocenters. The second-order valence-electron chi connectivity index (χ2n) is 6.70. The van der Waals surface area contributed by atoms with Gasteiger partial charge in [0.1, 0.15) is 5.82 Å². The van der Waals surface area contributed by atoms with Crippen LogP contribution in [0.2, 0.25) is 0 Å². The standard InChI is InChI=1S/C20H18FN5O2/c1-10-7-15(8-13-9-22-26-17(10)13)24-19(27)16-11(2)23-20(28)25-18(16)12-3-5-14(21)6-4-12/h3-9,18H,1-2H3,(H,22,26)(H,24,27)(H2,23,25,28). The number of hydrogen-bond donors (Lipinski definition) is 4. The number of amides is 3. The van der Waals surface area contributed by atoms with Gasteiger partial charge in [-0.3, -0.25) is 9.89 Å². The van der Waals surface area contributed by atoms with Crippen LogP contribution in [0.5, 0.6) is 0 Å². The van der Waals surface area contributed by atoms with Crippen molar-refractivity contribution in [1.29, 1.82) is 0 Å². The highest BCUT2D eigenvalue weighted by atomic mass is 19.1. The largest absolute Gasteiger partial charge is 0.327 e. The molecule has 4 rings (SSSR count). The van der Waals surface area contributed by atoms with Crippen LogP contribution >= 0.6 is 0 Å². The summed E-state index contributed by atoms with van der Waals surface area (Å²) < 4.78 is 13.3. The highest BCUT2D eigenvalue weighted by Gasteiger charge is 2.31. The second-order valence-corrected chi connectivity index (χ2v) is 6.70. The maximum absolute atomic E-state index is 13.3. The molecule has 0 radical (unpaired) electrons. The van der Waals surface area contributed by atoms with Crippen LogP contribution in [0.15, 0.2) is 53.9 Å². The first-order valence-corrected chi connectivity index (χ1v) is 8.71. The maximum Gasteiger partial charge on any atom is 0.319 e. The van der Waals surface area contributed by atoms with Crippen LogP contribution in [0.25, 0.3) is 10.9 Å². The zero-order valence-corrected chi connectivity index (χ0v) is 15.3. The molecule has 0 bridgehead atoms. The zero-order chi connectivity index (χ0) is 19.8. The number of carbonyl (C=O) groups is 2. The van der Waals surface area contributed by atoms with Crippen molar-refractivity contribution in [3.8, 4) is 0 Å². The van der Waals surface area contributed by atoms with Crippen LogP contribution in [0, 0.1) is 12.7 Å². The molecule has 3 aromatic rings. The Kier molecular flexibility index (Phi) is 4.31. The van der Waals surface area contributed by atoms with Gasteiger partial charge in [-0.2, -0.15) is 5.10 Å². The van der Waals surface area contributed by atoms with Crippen molar-refractivity contribution in [1.82, 2.24) is 20.8 Å². The van der Waals surface area contributed by atoms with Gasteiger partial charge in [0, 0.05) is 16.8 Å². The number of aromatic nitrogens is 2. The van der Waals surface area contributed by atoms with Gasteiger partial charge in [0.2, 0.25) is 0 Å². The Balaban J connectivity index is 1.68. The first-order chi connectivity index (χ1) is 13.4. The number of carbonyl (C=O) groups excluding carboxylic acids is 2. The fourth-order valence-corrected chi connectivity index (χ4v) is 3.41. The predicted molar refractivity (Wildman–Crippen MR) is 103 cm³/mol. The molecule has 28 heavy (non-hydrogen) atoms. The van der Waals surface area contributed by atoms with Gasteiger partial charge in [0.05, 0.1) is 23.3 Å². The highest BCUT2D eigenvalue weighted by Crippen LogP contribution is 2.29. The fraction of sp³-hybridized carbons (Fsp3) is 0.150. The number of aryl methyl sites for hydroxylation is 1. The molecule has 3 amide bonds. The fourth-order valence-electron chi connectivity index (χ4n) is 3.41. The first-order valence-electron chi connectivity index (χ1n) is 8.71. The van der Waals surface area contributed by atoms with Crippen molar-refractivity contribution in [2.45, 2.75) is 19.9 Å². The number of anilines is 1. The Hall–Kier alpha value is -3.68. The van der Waals surface area contributed by atoms with Crippen LogP contribution < -0.4 is 16.0 Å². The molecule has 7 nitrogen and oxygen atoms in total. The van der Waals surface area contributed by atoms with Crippen LogP contribution in [-0.2, 0) is 4.79 Å². The molecular formula is C20H18FN5O2. The quantitative estimate of drug-likeness (QED) is 0.562. The zero-order valence-electron chi connectivity index (χ0n) is 15.3. The van der Waals surface area contributed by atoms with E-state index in [9.17, 15) is 14.0 Å². The van der Waals surface area contributed by atoms with Gasteiger partial charge in [-0.1, -0.05) is 12.1 Å². The van der Waals surface area contributed by atoms with Crippen molar-refractivity contribution in [3.63, 3.8) is 0 Å². The number of halogens is 1. The lowest BCUT2D eigenvalue weighted by Crippen LogP contribution is -2.45. The summed E-state index contributed by atoms with van der Waals surface area (Å²) in [6.45, 7) is 3.58. The molecular weight excluding hydrogens is 361 g/mol. The summed E-state index contributed by atoms with van der Waals surface area (Å²) in [7, 11) is 0. The van der Waals surface area contributed by atoms with Crippen molar-refractivity contribution in [2.24, 2.45) is 0 Å².